The predicted octanol–water partition coefficient (Wildman–Crippen LogP) is 4.00. The van der Waals surface area contributed by atoms with Crippen LogP contribution in [0.25, 0.3) is 22.8 Å². The summed E-state index contributed by atoms with van der Waals surface area (Å²) in [6, 6.07) is 12.9. The third-order valence-electron chi connectivity index (χ3n) is 5.64. The van der Waals surface area contributed by atoms with E-state index in [1.54, 1.807) is 29.2 Å². The Morgan fingerprint density at radius 3 is 2.80 bits per heavy atom. The fraction of sp³-hybridized carbons (Fsp3) is 0.250. The topological polar surface area (TPSA) is 124 Å². The maximum Gasteiger partial charge on any atom is 0.265 e. The van der Waals surface area contributed by atoms with Crippen molar-refractivity contribution in [1.82, 2.24) is 19.9 Å². The number of nitrogens with one attached hydrogen (secondary N) is 1. The molecule has 0 spiro atoms. The third kappa shape index (κ3) is 4.40. The summed E-state index contributed by atoms with van der Waals surface area (Å²) < 4.78 is 12.7. The second-order valence-electron chi connectivity index (χ2n) is 8.09. The molecule has 180 valence electrons. The molecule has 2 aromatic carbocycles. The fourth-order valence-corrected chi connectivity index (χ4v) is 4.06. The summed E-state index contributed by atoms with van der Waals surface area (Å²) in [6.07, 6.45) is 0. The molecular weight excluding hydrogens is 470 g/mol. The Morgan fingerprint density at radius 1 is 1.23 bits per heavy atom. The zero-order chi connectivity index (χ0) is 24.5. The van der Waals surface area contributed by atoms with Gasteiger partial charge in [-0.3, -0.25) is 4.79 Å². The van der Waals surface area contributed by atoms with Crippen molar-refractivity contribution < 1.29 is 14.1 Å². The summed E-state index contributed by atoms with van der Waals surface area (Å²) >= 11 is 5.97. The van der Waals surface area contributed by atoms with Crippen LogP contribution >= 0.6 is 11.6 Å². The Bertz CT molecular complexity index is 1380. The van der Waals surface area contributed by atoms with Gasteiger partial charge in [-0.1, -0.05) is 22.8 Å². The molecule has 0 aliphatic carbocycles. The number of anilines is 3. The van der Waals surface area contributed by atoms with Crippen molar-refractivity contribution in [3.8, 4) is 28.6 Å². The lowest BCUT2D eigenvalue weighted by molar-refractivity contribution is -0.119. The molecule has 1 aliphatic heterocycles. The van der Waals surface area contributed by atoms with Crippen molar-refractivity contribution in [3.63, 3.8) is 0 Å². The van der Waals surface area contributed by atoms with E-state index in [9.17, 15) is 4.79 Å². The number of aromatic nitrogens is 4. The molecule has 1 aliphatic rings. The van der Waals surface area contributed by atoms with Gasteiger partial charge in [0.15, 0.2) is 5.82 Å². The Hall–Kier alpha value is -4.05. The highest BCUT2D eigenvalue weighted by Gasteiger charge is 2.28. The highest BCUT2D eigenvalue weighted by atomic mass is 35.5. The second-order valence-corrected chi connectivity index (χ2v) is 8.53. The van der Waals surface area contributed by atoms with E-state index in [1.165, 1.54) is 4.68 Å². The van der Waals surface area contributed by atoms with Gasteiger partial charge in [-0.15, -0.1) is 0 Å². The summed E-state index contributed by atoms with van der Waals surface area (Å²) in [5.74, 6) is 1.83. The molecule has 0 radical (unpaired) electrons. The van der Waals surface area contributed by atoms with Gasteiger partial charge >= 0.3 is 0 Å². The molecule has 3 heterocycles. The number of benzene rings is 2. The summed E-state index contributed by atoms with van der Waals surface area (Å²) in [5, 5.41) is 12.4. The van der Waals surface area contributed by atoms with Crippen LogP contribution in [0.5, 0.6) is 5.75 Å². The fourth-order valence-electron chi connectivity index (χ4n) is 3.94. The summed E-state index contributed by atoms with van der Waals surface area (Å²) in [4.78, 5) is 19.5. The number of rotatable bonds is 6. The van der Waals surface area contributed by atoms with Crippen LogP contribution in [0.4, 0.5) is 17.3 Å². The molecule has 3 N–H and O–H groups in total. The molecule has 5 rings (SSSR count). The van der Waals surface area contributed by atoms with Crippen LogP contribution in [0, 0.1) is 6.92 Å². The molecular formula is C24H24ClN7O3. The first kappa shape index (κ1) is 22.7. The Labute approximate surface area is 206 Å². The Balaban J connectivity index is 1.45. The number of amides is 1. The van der Waals surface area contributed by atoms with E-state index < -0.39 is 0 Å². The van der Waals surface area contributed by atoms with Crippen LogP contribution in [-0.2, 0) is 11.3 Å². The van der Waals surface area contributed by atoms with Gasteiger partial charge in [0.25, 0.3) is 5.89 Å². The molecule has 35 heavy (non-hydrogen) atoms. The molecule has 0 saturated heterocycles. The van der Waals surface area contributed by atoms with Crippen LogP contribution in [0.2, 0.25) is 5.02 Å². The SMILES string of the molecule is CCNc1nn(CC(=O)N2CCOc3ccc(C)cc32)c(N)c1-c1nc(-c2ccc(Cl)cc2)no1. The van der Waals surface area contributed by atoms with E-state index in [-0.39, 0.29) is 24.2 Å². The number of hydrogen-bond donors (Lipinski definition) is 2. The van der Waals surface area contributed by atoms with Crippen LogP contribution < -0.4 is 20.7 Å². The standard InChI is InChI=1S/C24H24ClN7O3/c1-3-27-23-20(24-28-22(30-35-24)15-5-7-16(25)8-6-15)21(26)32(29-23)13-19(33)31-10-11-34-18-9-4-14(2)12-17(18)31/h4-9,12H,3,10-11,13,26H2,1-2H3,(H,27,29). The number of fused-ring (bicyclic) bond motifs is 1. The van der Waals surface area contributed by atoms with Crippen molar-refractivity contribution in [1.29, 1.82) is 0 Å². The average molecular weight is 494 g/mol. The number of nitrogens with two attached hydrogens (primary N) is 1. The number of aryl methyl sites for hydroxylation is 1. The van der Waals surface area contributed by atoms with Crippen molar-refractivity contribution in [3.05, 3.63) is 53.1 Å². The minimum Gasteiger partial charge on any atom is -0.490 e. The van der Waals surface area contributed by atoms with Gasteiger partial charge in [-0.25, -0.2) is 4.68 Å². The van der Waals surface area contributed by atoms with E-state index in [0.717, 1.165) is 16.8 Å². The van der Waals surface area contributed by atoms with Gasteiger partial charge in [0.1, 0.15) is 30.3 Å². The number of ether oxygens (including phenoxy) is 1. The first-order valence-corrected chi connectivity index (χ1v) is 11.6. The highest BCUT2D eigenvalue weighted by molar-refractivity contribution is 6.30. The summed E-state index contributed by atoms with van der Waals surface area (Å²) in [5.41, 5.74) is 9.42. The van der Waals surface area contributed by atoms with Crippen molar-refractivity contribution in [2.24, 2.45) is 0 Å². The second kappa shape index (κ2) is 9.30. The smallest absolute Gasteiger partial charge is 0.265 e. The largest absolute Gasteiger partial charge is 0.490 e. The van der Waals surface area contributed by atoms with E-state index in [2.05, 4.69) is 20.6 Å². The predicted molar refractivity (Wildman–Crippen MR) is 134 cm³/mol. The van der Waals surface area contributed by atoms with Crippen molar-refractivity contribution >= 4 is 34.8 Å². The van der Waals surface area contributed by atoms with Crippen molar-refractivity contribution in [2.45, 2.75) is 20.4 Å². The minimum absolute atomic E-state index is 0.0597. The van der Waals surface area contributed by atoms with Gasteiger partial charge < -0.3 is 25.2 Å². The first-order chi connectivity index (χ1) is 16.9. The Kier molecular flexibility index (Phi) is 6.04. The highest BCUT2D eigenvalue weighted by Crippen LogP contribution is 2.35. The molecule has 11 heteroatoms. The van der Waals surface area contributed by atoms with E-state index >= 15 is 0 Å². The molecule has 2 aromatic heterocycles. The molecule has 0 atom stereocenters. The van der Waals surface area contributed by atoms with Gasteiger partial charge in [0.05, 0.1) is 12.2 Å². The van der Waals surface area contributed by atoms with Gasteiger partial charge in [-0.05, 0) is 55.8 Å². The summed E-state index contributed by atoms with van der Waals surface area (Å²) in [6.45, 7) is 5.30. The number of carbonyl (C=O) groups excluding carboxylic acids is 1. The van der Waals surface area contributed by atoms with E-state index in [1.807, 2.05) is 32.0 Å². The zero-order valence-electron chi connectivity index (χ0n) is 19.3. The van der Waals surface area contributed by atoms with E-state index in [0.29, 0.717) is 47.7 Å². The number of nitrogens with zero attached hydrogens (tertiary/aromatic N) is 5. The number of halogens is 1. The van der Waals surface area contributed by atoms with Gasteiger partial charge in [0.2, 0.25) is 11.7 Å². The minimum atomic E-state index is -0.156. The van der Waals surface area contributed by atoms with Crippen LogP contribution in [0.1, 0.15) is 12.5 Å². The van der Waals surface area contributed by atoms with Crippen LogP contribution in [0.15, 0.2) is 47.0 Å². The number of hydrogen-bond acceptors (Lipinski definition) is 8. The normalized spacial score (nSPS) is 12.8. The summed E-state index contributed by atoms with van der Waals surface area (Å²) in [7, 11) is 0. The lowest BCUT2D eigenvalue weighted by Crippen LogP contribution is -2.40. The quantitative estimate of drug-likeness (QED) is 0.413. The van der Waals surface area contributed by atoms with Crippen LogP contribution in [-0.4, -0.2) is 45.5 Å². The molecule has 10 nitrogen and oxygen atoms in total. The van der Waals surface area contributed by atoms with Crippen molar-refractivity contribution in [2.75, 3.05) is 35.6 Å². The van der Waals surface area contributed by atoms with Crippen LogP contribution in [0.3, 0.4) is 0 Å². The zero-order valence-corrected chi connectivity index (χ0v) is 20.0. The molecule has 0 saturated carbocycles. The van der Waals surface area contributed by atoms with Gasteiger partial charge in [-0.2, -0.15) is 10.1 Å². The van der Waals surface area contributed by atoms with Gasteiger partial charge in [0, 0.05) is 17.1 Å². The first-order valence-electron chi connectivity index (χ1n) is 11.2. The molecule has 1 amide bonds. The maximum absolute atomic E-state index is 13.3. The third-order valence-corrected chi connectivity index (χ3v) is 5.89. The number of carbonyl (C=O) groups is 1. The van der Waals surface area contributed by atoms with E-state index in [4.69, 9.17) is 26.6 Å². The molecule has 0 bridgehead atoms. The lowest BCUT2D eigenvalue weighted by atomic mass is 10.1. The Morgan fingerprint density at radius 2 is 2.03 bits per heavy atom. The molecule has 4 aromatic rings. The lowest BCUT2D eigenvalue weighted by Gasteiger charge is -2.30. The molecule has 0 unspecified atom stereocenters. The maximum atomic E-state index is 13.3. The number of nitrogen functional groups attached to an aromatic ring is 1. The average Bonchev–Trinajstić information content (AvgIpc) is 3.44. The molecule has 0 fully saturated rings. The monoisotopic (exact) mass is 493 g/mol.